The lowest BCUT2D eigenvalue weighted by Crippen LogP contribution is -2.41. The highest BCUT2D eigenvalue weighted by Gasteiger charge is 2.23. The Morgan fingerprint density at radius 3 is 2.76 bits per heavy atom. The van der Waals surface area contributed by atoms with Gasteiger partial charge in [0.2, 0.25) is 5.95 Å². The fourth-order valence-corrected chi connectivity index (χ4v) is 4.83. The number of nitrogens with one attached hydrogen (secondary N) is 2. The number of pyridine rings is 1. The zero-order valence-electron chi connectivity index (χ0n) is 21.0. The topological polar surface area (TPSA) is 104 Å². The first kappa shape index (κ1) is 23.0. The van der Waals surface area contributed by atoms with E-state index in [-0.39, 0.29) is 11.7 Å². The molecule has 0 unspecified atom stereocenters. The van der Waals surface area contributed by atoms with Crippen LogP contribution in [-0.2, 0) is 6.54 Å². The Labute approximate surface area is 213 Å². The number of anilines is 2. The van der Waals surface area contributed by atoms with Gasteiger partial charge >= 0.3 is 0 Å². The number of likely N-dealkylation sites (N-methyl/N-ethyl adjacent to an activating group) is 1. The summed E-state index contributed by atoms with van der Waals surface area (Å²) in [6.45, 7) is 2.06. The predicted octanol–water partition coefficient (Wildman–Crippen LogP) is 3.03. The van der Waals surface area contributed by atoms with Gasteiger partial charge in [-0.25, -0.2) is 4.98 Å². The number of hydrogen-bond acceptors (Lipinski definition) is 8. The van der Waals surface area contributed by atoms with Gasteiger partial charge in [-0.05, 0) is 43.9 Å². The van der Waals surface area contributed by atoms with Crippen molar-refractivity contribution in [2.45, 2.75) is 12.6 Å². The van der Waals surface area contributed by atoms with E-state index < -0.39 is 0 Å². The molecule has 37 heavy (non-hydrogen) atoms. The number of aromatic amines is 1. The molecule has 2 aromatic carbocycles. The summed E-state index contributed by atoms with van der Waals surface area (Å²) >= 11 is 0. The Kier molecular flexibility index (Phi) is 5.72. The van der Waals surface area contributed by atoms with Crippen LogP contribution in [0.2, 0.25) is 0 Å². The molecule has 0 saturated carbocycles. The molecule has 0 fully saturated rings. The lowest BCUT2D eigenvalue weighted by molar-refractivity contribution is 0.208. The highest BCUT2D eigenvalue weighted by Crippen LogP contribution is 2.32. The molecule has 6 rings (SSSR count). The van der Waals surface area contributed by atoms with Gasteiger partial charge in [0.15, 0.2) is 5.65 Å². The van der Waals surface area contributed by atoms with Crippen molar-refractivity contribution in [2.24, 2.45) is 0 Å². The summed E-state index contributed by atoms with van der Waals surface area (Å²) in [6.07, 6.45) is 3.25. The van der Waals surface area contributed by atoms with Gasteiger partial charge < -0.3 is 19.9 Å². The van der Waals surface area contributed by atoms with E-state index in [0.29, 0.717) is 34.4 Å². The van der Waals surface area contributed by atoms with Crippen LogP contribution < -0.4 is 20.5 Å². The molecule has 2 N–H and O–H groups in total. The van der Waals surface area contributed by atoms with Gasteiger partial charge in [-0.1, -0.05) is 24.3 Å². The van der Waals surface area contributed by atoms with Crippen LogP contribution in [0.3, 0.4) is 0 Å². The van der Waals surface area contributed by atoms with Gasteiger partial charge in [0, 0.05) is 26.0 Å². The summed E-state index contributed by atoms with van der Waals surface area (Å²) in [4.78, 5) is 27.1. The van der Waals surface area contributed by atoms with Gasteiger partial charge in [-0.2, -0.15) is 10.1 Å². The maximum Gasteiger partial charge on any atom is 0.267 e. The molecule has 3 aromatic heterocycles. The molecule has 0 aliphatic carbocycles. The Hall–Kier alpha value is -4.44. The van der Waals surface area contributed by atoms with Gasteiger partial charge in [0.25, 0.3) is 5.56 Å². The molecule has 0 amide bonds. The van der Waals surface area contributed by atoms with Crippen molar-refractivity contribution in [1.82, 2.24) is 29.6 Å². The molecule has 10 heteroatoms. The quantitative estimate of drug-likeness (QED) is 0.370. The van der Waals surface area contributed by atoms with Crippen LogP contribution >= 0.6 is 0 Å². The van der Waals surface area contributed by atoms with E-state index in [0.717, 1.165) is 35.8 Å². The van der Waals surface area contributed by atoms with E-state index in [1.165, 1.54) is 0 Å². The second kappa shape index (κ2) is 9.21. The smallest absolute Gasteiger partial charge is 0.267 e. The predicted molar refractivity (Wildman–Crippen MR) is 145 cm³/mol. The molecular formula is C27H28N8O2. The molecule has 0 spiro atoms. The first-order chi connectivity index (χ1) is 18.0. The number of fused-ring (bicyclic) bond motifs is 4. The van der Waals surface area contributed by atoms with Crippen LogP contribution in [0.4, 0.5) is 11.6 Å². The van der Waals surface area contributed by atoms with E-state index >= 15 is 0 Å². The lowest BCUT2D eigenvalue weighted by atomic mass is 10.1. The van der Waals surface area contributed by atoms with Gasteiger partial charge in [-0.3, -0.25) is 14.5 Å². The number of hydrogen-bond donors (Lipinski definition) is 2. The SMILES string of the molecule is CN(C)Cc1ccc(-n2c(=O)c3c[nH]nc3c3cnc(NC[C@H]4CN(C)c5ccccc5O4)nc32)cc1. The molecule has 1 aliphatic heterocycles. The summed E-state index contributed by atoms with van der Waals surface area (Å²) in [5, 5.41) is 11.6. The number of nitrogens with zero attached hydrogens (tertiary/aromatic N) is 6. The fourth-order valence-electron chi connectivity index (χ4n) is 4.83. The highest BCUT2D eigenvalue weighted by atomic mass is 16.5. The number of para-hydroxylation sites is 2. The van der Waals surface area contributed by atoms with E-state index in [4.69, 9.17) is 9.72 Å². The monoisotopic (exact) mass is 496 g/mol. The highest BCUT2D eigenvalue weighted by molar-refractivity contribution is 6.02. The normalized spacial score (nSPS) is 15.2. The molecular weight excluding hydrogens is 468 g/mol. The van der Waals surface area contributed by atoms with Crippen molar-refractivity contribution in [3.8, 4) is 11.4 Å². The van der Waals surface area contributed by atoms with Crippen molar-refractivity contribution in [3.63, 3.8) is 0 Å². The molecule has 10 nitrogen and oxygen atoms in total. The van der Waals surface area contributed by atoms with E-state index in [2.05, 4.69) is 37.3 Å². The summed E-state index contributed by atoms with van der Waals surface area (Å²) in [6, 6.07) is 16.0. The number of rotatable bonds is 6. The second-order valence-corrected chi connectivity index (χ2v) is 9.59. The standard InChI is InChI=1S/C27H28N8O2/c1-33(2)15-17-8-10-18(11-9-17)35-25-20(24-21(26(35)36)14-30-32-24)13-29-27(31-25)28-12-19-16-34(3)22-6-4-5-7-23(22)37-19/h4-11,13-14,19H,12,15-16H2,1-3H3,(H,30,32)(H,28,29,31)/t19-/m0/s1. The van der Waals surface area contributed by atoms with Crippen LogP contribution in [0.25, 0.3) is 27.6 Å². The van der Waals surface area contributed by atoms with E-state index in [9.17, 15) is 4.79 Å². The third-order valence-electron chi connectivity index (χ3n) is 6.54. The maximum atomic E-state index is 13.5. The summed E-state index contributed by atoms with van der Waals surface area (Å²) in [5.74, 6) is 1.28. The third kappa shape index (κ3) is 4.25. The minimum Gasteiger partial charge on any atom is -0.485 e. The Bertz CT molecular complexity index is 1640. The number of H-pyrrole nitrogens is 1. The summed E-state index contributed by atoms with van der Waals surface area (Å²) in [5.41, 5.74) is 3.83. The van der Waals surface area contributed by atoms with Crippen LogP contribution in [0, 0.1) is 0 Å². The zero-order chi connectivity index (χ0) is 25.5. The van der Waals surface area contributed by atoms with Crippen LogP contribution in [0.15, 0.2) is 65.7 Å². The van der Waals surface area contributed by atoms with Crippen LogP contribution in [0.5, 0.6) is 5.75 Å². The van der Waals surface area contributed by atoms with Crippen LogP contribution in [0.1, 0.15) is 5.56 Å². The third-order valence-corrected chi connectivity index (χ3v) is 6.54. The number of benzene rings is 2. The summed E-state index contributed by atoms with van der Waals surface area (Å²) in [7, 11) is 6.11. The van der Waals surface area contributed by atoms with Gasteiger partial charge in [0.05, 0.1) is 35.2 Å². The first-order valence-electron chi connectivity index (χ1n) is 12.2. The van der Waals surface area contributed by atoms with Crippen molar-refractivity contribution in [3.05, 3.63) is 76.8 Å². The fraction of sp³-hybridized carbons (Fsp3) is 0.259. The molecule has 5 aromatic rings. The molecule has 4 heterocycles. The largest absolute Gasteiger partial charge is 0.485 e. The van der Waals surface area contributed by atoms with E-state index in [1.54, 1.807) is 17.0 Å². The Morgan fingerprint density at radius 2 is 1.95 bits per heavy atom. The maximum absolute atomic E-state index is 13.5. The van der Waals surface area contributed by atoms with Crippen molar-refractivity contribution in [1.29, 1.82) is 0 Å². The second-order valence-electron chi connectivity index (χ2n) is 9.59. The number of aromatic nitrogens is 5. The van der Waals surface area contributed by atoms with E-state index in [1.807, 2.05) is 62.6 Å². The molecule has 0 radical (unpaired) electrons. The van der Waals surface area contributed by atoms with Crippen LogP contribution in [-0.4, -0.2) is 70.0 Å². The van der Waals surface area contributed by atoms with Crippen molar-refractivity contribution < 1.29 is 4.74 Å². The average Bonchev–Trinajstić information content (AvgIpc) is 3.39. The minimum atomic E-state index is -0.185. The first-order valence-corrected chi connectivity index (χ1v) is 12.2. The lowest BCUT2D eigenvalue weighted by Gasteiger charge is -2.33. The number of ether oxygens (including phenoxy) is 1. The zero-order valence-corrected chi connectivity index (χ0v) is 21.0. The Morgan fingerprint density at radius 1 is 1.14 bits per heavy atom. The average molecular weight is 497 g/mol. The molecule has 0 saturated heterocycles. The summed E-state index contributed by atoms with van der Waals surface area (Å²) < 4.78 is 7.80. The Balaban J connectivity index is 1.35. The molecule has 188 valence electrons. The van der Waals surface area contributed by atoms with Gasteiger partial charge in [0.1, 0.15) is 17.4 Å². The minimum absolute atomic E-state index is 0.0838. The van der Waals surface area contributed by atoms with Crippen molar-refractivity contribution in [2.75, 3.05) is 44.4 Å². The molecule has 1 aliphatic rings. The van der Waals surface area contributed by atoms with Crippen molar-refractivity contribution >= 4 is 33.6 Å². The molecule has 0 bridgehead atoms. The van der Waals surface area contributed by atoms with Gasteiger partial charge in [-0.15, -0.1) is 0 Å². The molecule has 1 atom stereocenters.